The van der Waals surface area contributed by atoms with E-state index in [9.17, 15) is 9.18 Å². The Morgan fingerprint density at radius 2 is 2.12 bits per heavy atom. The zero-order valence-electron chi connectivity index (χ0n) is 9.08. The summed E-state index contributed by atoms with van der Waals surface area (Å²) < 4.78 is 18.8. The van der Waals surface area contributed by atoms with Gasteiger partial charge in [-0.2, -0.15) is 0 Å². The second kappa shape index (κ2) is 5.46. The number of carbonyl (C=O) groups excluding carboxylic acids is 1. The highest BCUT2D eigenvalue weighted by Gasteiger charge is 2.17. The first kappa shape index (κ1) is 12.3. The molecule has 0 saturated carbocycles. The molecular formula is C11H12BrFN2O2. The predicted molar refractivity (Wildman–Crippen MR) is 65.5 cm³/mol. The van der Waals surface area contributed by atoms with Gasteiger partial charge in [-0.25, -0.2) is 9.18 Å². The van der Waals surface area contributed by atoms with Gasteiger partial charge in [-0.15, -0.1) is 0 Å². The normalized spacial score (nSPS) is 15.8. The molecule has 2 amide bonds. The smallest absolute Gasteiger partial charge is 0.322 e. The minimum atomic E-state index is -0.384. The minimum absolute atomic E-state index is 0.236. The first-order valence-electron chi connectivity index (χ1n) is 5.25. The number of rotatable bonds is 1. The molecule has 1 aromatic carbocycles. The number of ether oxygens (including phenoxy) is 1. The van der Waals surface area contributed by atoms with Gasteiger partial charge in [-0.1, -0.05) is 0 Å². The molecular weight excluding hydrogens is 291 g/mol. The molecule has 92 valence electrons. The molecule has 17 heavy (non-hydrogen) atoms. The van der Waals surface area contributed by atoms with E-state index in [0.29, 0.717) is 36.5 Å². The molecule has 0 unspecified atom stereocenters. The number of hydrogen-bond donors (Lipinski definition) is 1. The molecule has 6 heteroatoms. The maximum atomic E-state index is 13.0. The van der Waals surface area contributed by atoms with Gasteiger partial charge < -0.3 is 15.0 Å². The highest BCUT2D eigenvalue weighted by molar-refractivity contribution is 9.10. The Balaban J connectivity index is 2.04. The Morgan fingerprint density at radius 3 is 2.82 bits per heavy atom. The van der Waals surface area contributed by atoms with Gasteiger partial charge in [0, 0.05) is 17.6 Å². The molecule has 1 aliphatic rings. The molecule has 1 aromatic rings. The standard InChI is InChI=1S/C11H12BrFN2O2/c12-9-2-1-8(13)7-10(9)14-11(16)15-3-5-17-6-4-15/h1-2,7H,3-6H2,(H,14,16). The van der Waals surface area contributed by atoms with Gasteiger partial charge in [0.05, 0.1) is 18.9 Å². The monoisotopic (exact) mass is 302 g/mol. The fourth-order valence-corrected chi connectivity index (χ4v) is 1.90. The van der Waals surface area contributed by atoms with Gasteiger partial charge >= 0.3 is 6.03 Å². The Bertz CT molecular complexity index is 422. The van der Waals surface area contributed by atoms with Crippen LogP contribution in [0.2, 0.25) is 0 Å². The maximum Gasteiger partial charge on any atom is 0.322 e. The second-order valence-electron chi connectivity index (χ2n) is 3.65. The van der Waals surface area contributed by atoms with E-state index >= 15 is 0 Å². The number of benzene rings is 1. The van der Waals surface area contributed by atoms with E-state index in [2.05, 4.69) is 21.2 Å². The number of nitrogens with one attached hydrogen (secondary N) is 1. The first-order valence-corrected chi connectivity index (χ1v) is 6.05. The lowest BCUT2D eigenvalue weighted by atomic mass is 10.3. The number of morpholine rings is 1. The SMILES string of the molecule is O=C(Nc1cc(F)ccc1Br)N1CCOCC1. The number of halogens is 2. The van der Waals surface area contributed by atoms with Crippen LogP contribution in [-0.4, -0.2) is 37.2 Å². The van der Waals surface area contributed by atoms with Crippen LogP contribution in [0.25, 0.3) is 0 Å². The lowest BCUT2D eigenvalue weighted by Gasteiger charge is -2.27. The third kappa shape index (κ3) is 3.17. The molecule has 1 N–H and O–H groups in total. The van der Waals surface area contributed by atoms with Gasteiger partial charge in [0.25, 0.3) is 0 Å². The van der Waals surface area contributed by atoms with Crippen LogP contribution < -0.4 is 5.32 Å². The highest BCUT2D eigenvalue weighted by Crippen LogP contribution is 2.23. The van der Waals surface area contributed by atoms with Crippen molar-refractivity contribution in [3.63, 3.8) is 0 Å². The number of nitrogens with zero attached hydrogens (tertiary/aromatic N) is 1. The molecule has 0 radical (unpaired) electrons. The molecule has 1 saturated heterocycles. The quantitative estimate of drug-likeness (QED) is 0.866. The van der Waals surface area contributed by atoms with E-state index < -0.39 is 0 Å². The second-order valence-corrected chi connectivity index (χ2v) is 4.51. The summed E-state index contributed by atoms with van der Waals surface area (Å²) >= 11 is 3.26. The van der Waals surface area contributed by atoms with Crippen LogP contribution in [-0.2, 0) is 4.74 Å². The van der Waals surface area contributed by atoms with Crippen molar-refractivity contribution in [3.05, 3.63) is 28.5 Å². The van der Waals surface area contributed by atoms with Crippen LogP contribution in [0.4, 0.5) is 14.9 Å². The first-order chi connectivity index (χ1) is 8.16. The van der Waals surface area contributed by atoms with Crippen LogP contribution in [0.5, 0.6) is 0 Å². The molecule has 0 atom stereocenters. The summed E-state index contributed by atoms with van der Waals surface area (Å²) in [5.74, 6) is -0.384. The van der Waals surface area contributed by atoms with Crippen LogP contribution in [0.3, 0.4) is 0 Å². The summed E-state index contributed by atoms with van der Waals surface area (Å²) in [6.45, 7) is 2.19. The summed E-state index contributed by atoms with van der Waals surface area (Å²) in [5, 5.41) is 2.67. The van der Waals surface area contributed by atoms with Crippen LogP contribution in [0.15, 0.2) is 22.7 Å². The summed E-state index contributed by atoms with van der Waals surface area (Å²) in [6.07, 6.45) is 0. The molecule has 0 spiro atoms. The minimum Gasteiger partial charge on any atom is -0.378 e. The number of hydrogen-bond acceptors (Lipinski definition) is 2. The van der Waals surface area contributed by atoms with Crippen LogP contribution in [0, 0.1) is 5.82 Å². The Morgan fingerprint density at radius 1 is 1.41 bits per heavy atom. The zero-order valence-corrected chi connectivity index (χ0v) is 10.7. The summed E-state index contributed by atoms with van der Waals surface area (Å²) in [5.41, 5.74) is 0.432. The van der Waals surface area contributed by atoms with E-state index in [-0.39, 0.29) is 11.8 Å². The van der Waals surface area contributed by atoms with Crippen molar-refractivity contribution in [1.82, 2.24) is 4.90 Å². The highest BCUT2D eigenvalue weighted by atomic mass is 79.9. The molecule has 2 rings (SSSR count). The molecule has 4 nitrogen and oxygen atoms in total. The summed E-state index contributed by atoms with van der Waals surface area (Å²) in [6, 6.07) is 3.93. The van der Waals surface area contributed by atoms with E-state index in [1.807, 2.05) is 0 Å². The molecule has 1 heterocycles. The van der Waals surface area contributed by atoms with Crippen molar-refractivity contribution in [2.45, 2.75) is 0 Å². The molecule has 0 aliphatic carbocycles. The average Bonchev–Trinajstić information content (AvgIpc) is 2.35. The fraction of sp³-hybridized carbons (Fsp3) is 0.364. The Labute approximate surface area is 107 Å². The molecule has 1 fully saturated rings. The van der Waals surface area contributed by atoms with Crippen molar-refractivity contribution in [2.75, 3.05) is 31.6 Å². The van der Waals surface area contributed by atoms with E-state index in [4.69, 9.17) is 4.74 Å². The molecule has 0 bridgehead atoms. The number of amides is 2. The van der Waals surface area contributed by atoms with Gasteiger partial charge in [0.15, 0.2) is 0 Å². The van der Waals surface area contributed by atoms with Gasteiger partial charge in [-0.05, 0) is 34.1 Å². The van der Waals surface area contributed by atoms with Crippen molar-refractivity contribution in [1.29, 1.82) is 0 Å². The van der Waals surface area contributed by atoms with Crippen molar-refractivity contribution in [3.8, 4) is 0 Å². The number of anilines is 1. The fourth-order valence-electron chi connectivity index (χ4n) is 1.55. The van der Waals surface area contributed by atoms with Crippen molar-refractivity contribution >= 4 is 27.6 Å². The Hall–Kier alpha value is -1.14. The summed E-state index contributed by atoms with van der Waals surface area (Å²) in [4.78, 5) is 13.5. The topological polar surface area (TPSA) is 41.6 Å². The van der Waals surface area contributed by atoms with Gasteiger partial charge in [0.1, 0.15) is 5.82 Å². The van der Waals surface area contributed by atoms with Gasteiger partial charge in [-0.3, -0.25) is 0 Å². The largest absolute Gasteiger partial charge is 0.378 e. The van der Waals surface area contributed by atoms with Crippen LogP contribution in [0.1, 0.15) is 0 Å². The van der Waals surface area contributed by atoms with E-state index in [1.165, 1.54) is 12.1 Å². The van der Waals surface area contributed by atoms with E-state index in [1.54, 1.807) is 11.0 Å². The summed E-state index contributed by atoms with van der Waals surface area (Å²) in [7, 11) is 0. The lowest BCUT2D eigenvalue weighted by Crippen LogP contribution is -2.43. The van der Waals surface area contributed by atoms with Crippen molar-refractivity contribution in [2.24, 2.45) is 0 Å². The molecule has 1 aliphatic heterocycles. The van der Waals surface area contributed by atoms with Crippen LogP contribution >= 0.6 is 15.9 Å². The molecule has 0 aromatic heterocycles. The lowest BCUT2D eigenvalue weighted by molar-refractivity contribution is 0.0564. The Kier molecular flexibility index (Phi) is 3.96. The number of urea groups is 1. The van der Waals surface area contributed by atoms with Crippen molar-refractivity contribution < 1.29 is 13.9 Å². The third-order valence-corrected chi connectivity index (χ3v) is 3.16. The predicted octanol–water partition coefficient (Wildman–Crippen LogP) is 2.45. The van der Waals surface area contributed by atoms with Gasteiger partial charge in [0.2, 0.25) is 0 Å². The maximum absolute atomic E-state index is 13.0. The zero-order chi connectivity index (χ0) is 12.3. The van der Waals surface area contributed by atoms with E-state index in [0.717, 1.165) is 0 Å². The average molecular weight is 303 g/mol. The number of carbonyl (C=O) groups is 1. The third-order valence-electron chi connectivity index (χ3n) is 2.47.